The molecule has 4 nitrogen and oxygen atoms in total. The van der Waals surface area contributed by atoms with E-state index >= 15 is 0 Å². The summed E-state index contributed by atoms with van der Waals surface area (Å²) >= 11 is 0. The fraction of sp³-hybridized carbons (Fsp3) is 0.364. The van der Waals surface area contributed by atoms with Crippen molar-refractivity contribution in [2.24, 2.45) is 5.92 Å². The molecule has 1 fully saturated rings. The minimum Gasteiger partial charge on any atom is -0.299 e. The topological polar surface area (TPSA) is 49.4 Å². The van der Waals surface area contributed by atoms with Crippen LogP contribution in [-0.2, 0) is 23.1 Å². The van der Waals surface area contributed by atoms with Crippen LogP contribution >= 0.6 is 0 Å². The van der Waals surface area contributed by atoms with Gasteiger partial charge in [0.15, 0.2) is 0 Å². The van der Waals surface area contributed by atoms with Gasteiger partial charge in [0, 0.05) is 18.5 Å². The highest BCUT2D eigenvalue weighted by Crippen LogP contribution is 2.18. The smallest absolute Gasteiger partial charge is 0.234 e. The third kappa shape index (κ3) is 6.61. The number of benzene rings is 2. The van der Waals surface area contributed by atoms with Crippen molar-refractivity contribution in [2.45, 2.75) is 32.9 Å². The van der Waals surface area contributed by atoms with E-state index in [4.69, 9.17) is 0 Å². The Kier molecular flexibility index (Phi) is 6.83. The molecule has 0 unspecified atom stereocenters. The zero-order valence-corrected chi connectivity index (χ0v) is 16.7. The van der Waals surface area contributed by atoms with Crippen LogP contribution < -0.4 is 4.72 Å². The normalized spacial score (nSPS) is 16.8. The zero-order valence-electron chi connectivity index (χ0n) is 15.8. The van der Waals surface area contributed by atoms with Gasteiger partial charge >= 0.3 is 0 Å². The number of hydrogen-bond donors (Lipinski definition) is 1. The number of likely N-dealkylation sites (tertiary alicyclic amines) is 1. The molecule has 0 atom stereocenters. The highest BCUT2D eigenvalue weighted by atomic mass is 32.2. The molecule has 5 heteroatoms. The van der Waals surface area contributed by atoms with E-state index in [1.807, 2.05) is 42.5 Å². The Bertz CT molecular complexity index is 855. The lowest BCUT2D eigenvalue weighted by Crippen LogP contribution is -2.32. The van der Waals surface area contributed by atoms with E-state index in [1.165, 1.54) is 23.8 Å². The van der Waals surface area contributed by atoms with Crippen LogP contribution in [0.4, 0.5) is 0 Å². The van der Waals surface area contributed by atoms with Crippen molar-refractivity contribution in [2.75, 3.05) is 13.1 Å². The molecule has 3 rings (SSSR count). The Hall–Kier alpha value is -1.95. The number of hydrogen-bond acceptors (Lipinski definition) is 3. The summed E-state index contributed by atoms with van der Waals surface area (Å²) in [5.74, 6) is 0.825. The first-order valence-electron chi connectivity index (χ1n) is 9.53. The van der Waals surface area contributed by atoms with Crippen molar-refractivity contribution in [3.8, 4) is 0 Å². The fourth-order valence-corrected chi connectivity index (χ4v) is 4.08. The lowest BCUT2D eigenvalue weighted by molar-refractivity contribution is 0.185. The summed E-state index contributed by atoms with van der Waals surface area (Å²) in [5.41, 5.74) is 3.08. The van der Waals surface area contributed by atoms with Crippen LogP contribution in [0.5, 0.6) is 0 Å². The predicted octanol–water partition coefficient (Wildman–Crippen LogP) is 4.01. The molecule has 1 N–H and O–H groups in total. The van der Waals surface area contributed by atoms with E-state index in [1.54, 1.807) is 6.08 Å². The SMILES string of the molecule is CC1CCN(Cc2cccc(CNS(=O)(=O)/C=C/c3ccccc3)c2)CC1. The summed E-state index contributed by atoms with van der Waals surface area (Å²) in [6.07, 6.45) is 4.12. The number of nitrogens with one attached hydrogen (secondary N) is 1. The van der Waals surface area contributed by atoms with Crippen LogP contribution in [0.25, 0.3) is 6.08 Å². The Morgan fingerprint density at radius 2 is 1.74 bits per heavy atom. The number of rotatable bonds is 7. The Labute approximate surface area is 163 Å². The van der Waals surface area contributed by atoms with Gasteiger partial charge in [0.05, 0.1) is 0 Å². The molecule has 0 bridgehead atoms. The third-order valence-electron chi connectivity index (χ3n) is 4.99. The molecule has 2 aromatic carbocycles. The molecular weight excluding hydrogens is 356 g/mol. The van der Waals surface area contributed by atoms with Crippen molar-refractivity contribution in [1.82, 2.24) is 9.62 Å². The second kappa shape index (κ2) is 9.31. The van der Waals surface area contributed by atoms with E-state index in [-0.39, 0.29) is 0 Å². The summed E-state index contributed by atoms with van der Waals surface area (Å²) in [6.45, 7) is 5.83. The number of nitrogens with zero attached hydrogens (tertiary/aromatic N) is 1. The maximum atomic E-state index is 12.2. The standard InChI is InChI=1S/C22H28N2O2S/c1-19-10-13-24(14-11-19)18-22-9-5-8-21(16-22)17-23-27(25,26)15-12-20-6-3-2-4-7-20/h2-9,12,15-16,19,23H,10-11,13-14,17-18H2,1H3/b15-12+. The minimum absolute atomic E-state index is 0.298. The highest BCUT2D eigenvalue weighted by Gasteiger charge is 2.15. The molecule has 27 heavy (non-hydrogen) atoms. The molecule has 0 aliphatic carbocycles. The molecule has 1 aliphatic rings. The summed E-state index contributed by atoms with van der Waals surface area (Å²) < 4.78 is 27.1. The molecule has 0 aromatic heterocycles. The first-order valence-corrected chi connectivity index (χ1v) is 11.1. The van der Waals surface area contributed by atoms with Crippen molar-refractivity contribution in [3.63, 3.8) is 0 Å². The van der Waals surface area contributed by atoms with E-state index in [2.05, 4.69) is 28.7 Å². The van der Waals surface area contributed by atoms with Gasteiger partial charge in [0.2, 0.25) is 10.0 Å². The zero-order chi connectivity index (χ0) is 19.1. The van der Waals surface area contributed by atoms with E-state index in [9.17, 15) is 8.42 Å². The highest BCUT2D eigenvalue weighted by molar-refractivity contribution is 7.92. The number of piperidine rings is 1. The summed E-state index contributed by atoms with van der Waals surface area (Å²) in [4.78, 5) is 2.48. The number of sulfonamides is 1. The maximum absolute atomic E-state index is 12.2. The Morgan fingerprint density at radius 1 is 1.04 bits per heavy atom. The Balaban J connectivity index is 1.55. The van der Waals surface area contributed by atoms with Gasteiger partial charge in [-0.3, -0.25) is 4.90 Å². The van der Waals surface area contributed by atoms with Gasteiger partial charge in [-0.1, -0.05) is 61.5 Å². The quantitative estimate of drug-likeness (QED) is 0.785. The first kappa shape index (κ1) is 19.8. The van der Waals surface area contributed by atoms with Gasteiger partial charge in [-0.25, -0.2) is 13.1 Å². The van der Waals surface area contributed by atoms with Crippen LogP contribution in [0.3, 0.4) is 0 Å². The van der Waals surface area contributed by atoms with Crippen LogP contribution in [-0.4, -0.2) is 26.4 Å². The molecule has 1 saturated heterocycles. The van der Waals surface area contributed by atoms with Gasteiger partial charge in [0.1, 0.15) is 0 Å². The summed E-state index contributed by atoms with van der Waals surface area (Å²) in [5, 5.41) is 1.22. The van der Waals surface area contributed by atoms with Crippen LogP contribution in [0.1, 0.15) is 36.5 Å². The molecule has 144 valence electrons. The second-order valence-electron chi connectivity index (χ2n) is 7.36. The molecule has 0 saturated carbocycles. The Morgan fingerprint density at radius 3 is 2.48 bits per heavy atom. The lowest BCUT2D eigenvalue weighted by atomic mass is 9.98. The van der Waals surface area contributed by atoms with Gasteiger partial charge < -0.3 is 0 Å². The molecule has 0 amide bonds. The monoisotopic (exact) mass is 384 g/mol. The van der Waals surface area contributed by atoms with Gasteiger partial charge in [-0.15, -0.1) is 0 Å². The minimum atomic E-state index is -3.47. The van der Waals surface area contributed by atoms with Crippen molar-refractivity contribution >= 4 is 16.1 Å². The fourth-order valence-electron chi connectivity index (χ4n) is 3.28. The van der Waals surface area contributed by atoms with Crippen LogP contribution in [0, 0.1) is 5.92 Å². The largest absolute Gasteiger partial charge is 0.299 e. The van der Waals surface area contributed by atoms with Crippen molar-refractivity contribution in [1.29, 1.82) is 0 Å². The molecule has 0 radical (unpaired) electrons. The van der Waals surface area contributed by atoms with Gasteiger partial charge in [0.25, 0.3) is 0 Å². The molecule has 2 aromatic rings. The maximum Gasteiger partial charge on any atom is 0.234 e. The average Bonchev–Trinajstić information content (AvgIpc) is 2.68. The first-order chi connectivity index (χ1) is 13.0. The van der Waals surface area contributed by atoms with Crippen molar-refractivity contribution < 1.29 is 8.42 Å². The van der Waals surface area contributed by atoms with Crippen LogP contribution in [0.2, 0.25) is 0 Å². The summed E-state index contributed by atoms with van der Waals surface area (Å²) in [7, 11) is -3.47. The predicted molar refractivity (Wildman–Crippen MR) is 111 cm³/mol. The van der Waals surface area contributed by atoms with E-state index in [0.717, 1.165) is 36.7 Å². The van der Waals surface area contributed by atoms with Crippen molar-refractivity contribution in [3.05, 3.63) is 76.7 Å². The second-order valence-corrected chi connectivity index (χ2v) is 9.01. The lowest BCUT2D eigenvalue weighted by Gasteiger charge is -2.30. The molecular formula is C22H28N2O2S. The van der Waals surface area contributed by atoms with E-state index in [0.29, 0.717) is 6.54 Å². The van der Waals surface area contributed by atoms with Crippen LogP contribution in [0.15, 0.2) is 60.0 Å². The molecule has 1 aliphatic heterocycles. The molecule has 1 heterocycles. The van der Waals surface area contributed by atoms with Gasteiger partial charge in [-0.2, -0.15) is 0 Å². The van der Waals surface area contributed by atoms with Gasteiger partial charge in [-0.05, 0) is 54.6 Å². The molecule has 0 spiro atoms. The third-order valence-corrected chi connectivity index (χ3v) is 6.03. The average molecular weight is 385 g/mol. The van der Waals surface area contributed by atoms with E-state index < -0.39 is 10.0 Å². The summed E-state index contributed by atoms with van der Waals surface area (Å²) in [6, 6.07) is 17.6.